The van der Waals surface area contributed by atoms with Crippen molar-refractivity contribution in [2.45, 2.75) is 123 Å². The Labute approximate surface area is 405 Å². The first-order valence-electron chi connectivity index (χ1n) is 24.8. The lowest BCUT2D eigenvalue weighted by atomic mass is 9.84. The molecule has 6 heterocycles. The van der Waals surface area contributed by atoms with Gasteiger partial charge in [-0.05, 0) is 123 Å². The second kappa shape index (κ2) is 20.6. The number of hydrazine groups is 1. The van der Waals surface area contributed by atoms with Crippen molar-refractivity contribution in [2.24, 2.45) is 17.3 Å². The predicted molar refractivity (Wildman–Crippen MR) is 262 cm³/mol. The number of pyridine rings is 1. The van der Waals surface area contributed by atoms with Crippen LogP contribution >= 0.6 is 0 Å². The number of aryl methyl sites for hydroxylation is 1. The van der Waals surface area contributed by atoms with E-state index in [2.05, 4.69) is 59.6 Å². The van der Waals surface area contributed by atoms with Gasteiger partial charge < -0.3 is 39.6 Å². The van der Waals surface area contributed by atoms with Crippen molar-refractivity contribution in [3.05, 3.63) is 71.5 Å². The number of aromatic hydroxyl groups is 1. The number of hydrogen-bond donors (Lipinski definition) is 4. The third-order valence-electron chi connectivity index (χ3n) is 14.6. The number of esters is 1. The van der Waals surface area contributed by atoms with Crippen molar-refractivity contribution in [2.75, 3.05) is 46.9 Å². The number of methoxy groups -OCH3 is 1. The number of nitrogens with zero attached hydrogens (tertiary/aromatic N) is 5. The number of likely N-dealkylation sites (tertiary alicyclic amines) is 1. The molecule has 4 amide bonds. The molecular weight excluding hydrogens is 877 g/mol. The molecule has 2 aromatic carbocycles. The maximum absolute atomic E-state index is 14.8. The first kappa shape index (κ1) is 49.6. The molecule has 370 valence electrons. The standard InChI is InChI=1S/C53H70N8O8/c1-9-60-44-17-16-34-27-39(44)40(47(60)38-13-10-20-55-45(38)32(4)68-8)28-53(5,6)30-69-52(67)42-15-12-21-61(57-42)51(66)43(25-33-23-36(34)26-37(62)24-33)56-48(63)46(31(2)3)58(7)49(64)35-18-22-59(29-35)50(65)41-14-11-19-54-41/h10,13,16-17,20,23-24,26-27,31-32,35,41-43,46,54,57,62H,9,11-12,14-15,18-19,21-22,25,28-30H2,1-8H3,(H,56,63)/t32-,35-,41-,42-,43-,46-/m0/s1. The Morgan fingerprint density at radius 2 is 1.83 bits per heavy atom. The Kier molecular flexibility index (Phi) is 14.8. The van der Waals surface area contributed by atoms with Gasteiger partial charge in [0.15, 0.2) is 0 Å². The van der Waals surface area contributed by atoms with Gasteiger partial charge in [0.2, 0.25) is 17.7 Å². The van der Waals surface area contributed by atoms with Crippen molar-refractivity contribution >= 4 is 40.5 Å². The Bertz CT molecular complexity index is 2580. The van der Waals surface area contributed by atoms with Crippen LogP contribution in [0.3, 0.4) is 0 Å². The molecule has 6 bridgehead atoms. The average molecular weight is 947 g/mol. The maximum Gasteiger partial charge on any atom is 0.324 e. The largest absolute Gasteiger partial charge is 0.508 e. The minimum atomic E-state index is -1.16. The molecule has 16 heteroatoms. The van der Waals surface area contributed by atoms with E-state index in [1.54, 1.807) is 37.4 Å². The van der Waals surface area contributed by atoms with Crippen LogP contribution in [0, 0.1) is 17.3 Å². The molecule has 4 aliphatic rings. The first-order chi connectivity index (χ1) is 33.0. The number of phenolic OH excluding ortho intramolecular Hbond substituents is 1. The summed E-state index contributed by atoms with van der Waals surface area (Å²) >= 11 is 0. The predicted octanol–water partition coefficient (Wildman–Crippen LogP) is 5.54. The number of amides is 4. The third kappa shape index (κ3) is 10.4. The van der Waals surface area contributed by atoms with Gasteiger partial charge in [0.05, 0.1) is 36.1 Å². The zero-order valence-corrected chi connectivity index (χ0v) is 41.5. The summed E-state index contributed by atoms with van der Waals surface area (Å²) < 4.78 is 14.2. The van der Waals surface area contributed by atoms with Crippen molar-refractivity contribution in [3.8, 4) is 28.1 Å². The van der Waals surface area contributed by atoms with Crippen LogP contribution in [-0.4, -0.2) is 130 Å². The molecule has 8 rings (SSSR count). The number of carbonyl (C=O) groups excluding carboxylic acids is 5. The molecular formula is C53H70N8O8. The number of rotatable bonds is 10. The molecule has 3 fully saturated rings. The number of likely N-dealkylation sites (N-methyl/N-ethyl adjacent to an activating group) is 1. The lowest BCUT2D eigenvalue weighted by Gasteiger charge is -2.37. The number of fused-ring (bicyclic) bond motifs is 6. The lowest BCUT2D eigenvalue weighted by Crippen LogP contribution is -2.62. The van der Waals surface area contributed by atoms with E-state index in [1.165, 1.54) is 9.91 Å². The summed E-state index contributed by atoms with van der Waals surface area (Å²) in [5, 5.41) is 20.1. The monoisotopic (exact) mass is 947 g/mol. The Morgan fingerprint density at radius 1 is 1.03 bits per heavy atom. The summed E-state index contributed by atoms with van der Waals surface area (Å²) in [7, 11) is 3.29. The molecule has 0 saturated carbocycles. The molecule has 0 spiro atoms. The van der Waals surface area contributed by atoms with E-state index >= 15 is 0 Å². The summed E-state index contributed by atoms with van der Waals surface area (Å²) in [6, 6.07) is 12.4. The van der Waals surface area contributed by atoms with Crippen LogP contribution in [0.4, 0.5) is 0 Å². The van der Waals surface area contributed by atoms with Gasteiger partial charge >= 0.3 is 5.97 Å². The molecule has 69 heavy (non-hydrogen) atoms. The zero-order valence-electron chi connectivity index (χ0n) is 41.5. The van der Waals surface area contributed by atoms with Crippen LogP contribution in [0.15, 0.2) is 54.7 Å². The number of nitrogens with one attached hydrogen (secondary N) is 3. The molecule has 4 N–H and O–H groups in total. The summed E-state index contributed by atoms with van der Waals surface area (Å²) in [5.74, 6) is -2.49. The number of carbonyl (C=O) groups is 5. The highest BCUT2D eigenvalue weighted by molar-refractivity contribution is 5.96. The van der Waals surface area contributed by atoms with Crippen LogP contribution in [-0.2, 0) is 52.8 Å². The zero-order chi connectivity index (χ0) is 49.3. The summed E-state index contributed by atoms with van der Waals surface area (Å²) in [6.07, 6.45) is 5.20. The van der Waals surface area contributed by atoms with E-state index in [0.717, 1.165) is 63.9 Å². The molecule has 0 aliphatic carbocycles. The normalized spacial score (nSPS) is 22.9. The topological polar surface area (TPSA) is 188 Å². The van der Waals surface area contributed by atoms with Crippen molar-refractivity contribution in [1.29, 1.82) is 0 Å². The van der Waals surface area contributed by atoms with Crippen LogP contribution in [0.25, 0.3) is 33.3 Å². The van der Waals surface area contributed by atoms with Crippen LogP contribution in [0.2, 0.25) is 0 Å². The first-order valence-corrected chi connectivity index (χ1v) is 24.8. The van der Waals surface area contributed by atoms with Crippen LogP contribution in [0.1, 0.15) is 96.6 Å². The summed E-state index contributed by atoms with van der Waals surface area (Å²) in [6.45, 7) is 14.6. The molecule has 6 atom stereocenters. The molecule has 0 unspecified atom stereocenters. The molecule has 4 aromatic rings. The van der Waals surface area contributed by atoms with Crippen LogP contribution in [0.5, 0.6) is 5.75 Å². The van der Waals surface area contributed by atoms with Gasteiger partial charge in [-0.15, -0.1) is 0 Å². The lowest BCUT2D eigenvalue weighted by molar-refractivity contribution is -0.155. The van der Waals surface area contributed by atoms with Gasteiger partial charge in [0, 0.05) is 74.8 Å². The Balaban J connectivity index is 1.16. The van der Waals surface area contributed by atoms with Crippen molar-refractivity contribution in [1.82, 2.24) is 40.4 Å². The molecule has 4 aliphatic heterocycles. The number of ether oxygens (including phenoxy) is 2. The smallest absolute Gasteiger partial charge is 0.324 e. The van der Waals surface area contributed by atoms with E-state index in [9.17, 15) is 29.1 Å². The highest BCUT2D eigenvalue weighted by atomic mass is 16.5. The summed E-state index contributed by atoms with van der Waals surface area (Å²) in [5.41, 5.74) is 9.58. The number of cyclic esters (lactones) is 1. The fraction of sp³-hybridized carbons (Fsp3) is 0.547. The van der Waals surface area contributed by atoms with E-state index in [-0.39, 0.29) is 61.7 Å². The van der Waals surface area contributed by atoms with Crippen molar-refractivity contribution in [3.63, 3.8) is 0 Å². The second-order valence-electron chi connectivity index (χ2n) is 20.6. The van der Waals surface area contributed by atoms with Gasteiger partial charge in [-0.2, -0.15) is 0 Å². The van der Waals surface area contributed by atoms with Gasteiger partial charge in [0.1, 0.15) is 23.9 Å². The highest BCUT2D eigenvalue weighted by Gasteiger charge is 2.41. The second-order valence-corrected chi connectivity index (χ2v) is 20.6. The maximum atomic E-state index is 14.8. The average Bonchev–Trinajstić information content (AvgIpc) is 4.12. The molecule has 2 aromatic heterocycles. The van der Waals surface area contributed by atoms with Gasteiger partial charge in [-0.3, -0.25) is 34.0 Å². The molecule has 0 radical (unpaired) electrons. The third-order valence-corrected chi connectivity index (χ3v) is 14.6. The fourth-order valence-corrected chi connectivity index (χ4v) is 11.0. The van der Waals surface area contributed by atoms with Gasteiger partial charge in [0.25, 0.3) is 5.91 Å². The van der Waals surface area contributed by atoms with E-state index in [0.29, 0.717) is 44.3 Å². The highest BCUT2D eigenvalue weighted by Crippen LogP contribution is 2.42. The van der Waals surface area contributed by atoms with Crippen molar-refractivity contribution < 1.29 is 38.6 Å². The van der Waals surface area contributed by atoms with E-state index in [1.807, 2.05) is 39.0 Å². The number of aromatic nitrogens is 2. The minimum absolute atomic E-state index is 0.00382. The van der Waals surface area contributed by atoms with Gasteiger partial charge in [-0.1, -0.05) is 39.8 Å². The SMILES string of the molecule is CCn1c(-c2cccnc2[C@H](C)OC)c2c3cc(ccc31)-c1cc(O)cc(c1)C[C@H](NC(=O)[C@H](C(C)C)N(C)C(=O)[C@H]1CCN(C(=O)[C@@H]3CCCN3)C1)C(=O)N1CCC[C@H](N1)C(=O)OCC(C)(C)C2. The van der Waals surface area contributed by atoms with Crippen LogP contribution < -0.4 is 16.1 Å². The van der Waals surface area contributed by atoms with E-state index < -0.39 is 47.2 Å². The fourth-order valence-electron chi connectivity index (χ4n) is 11.0. The number of phenols is 1. The van der Waals surface area contributed by atoms with Gasteiger partial charge in [-0.25, -0.2) is 5.43 Å². The quantitative estimate of drug-likeness (QED) is 0.146. The van der Waals surface area contributed by atoms with E-state index in [4.69, 9.17) is 14.5 Å². The number of hydrogen-bond acceptors (Lipinski definition) is 11. The Hall–Kier alpha value is -5.84. The molecule has 16 nitrogen and oxygen atoms in total. The Morgan fingerprint density at radius 3 is 2.55 bits per heavy atom. The minimum Gasteiger partial charge on any atom is -0.508 e. The molecule has 3 saturated heterocycles. The summed E-state index contributed by atoms with van der Waals surface area (Å²) in [4.78, 5) is 78.8. The number of benzene rings is 2.